The maximum absolute atomic E-state index is 5.56. The second-order valence-corrected chi connectivity index (χ2v) is 6.58. The van der Waals surface area contributed by atoms with E-state index in [1.54, 1.807) is 24.7 Å². The maximum Gasteiger partial charge on any atom is 0.190 e. The zero-order valence-electron chi connectivity index (χ0n) is 14.3. The molecular formula is C21H18N2O2S. The number of hydrogen-bond acceptors (Lipinski definition) is 4. The number of methoxy groups -OCH3 is 1. The van der Waals surface area contributed by atoms with Gasteiger partial charge in [0.25, 0.3) is 0 Å². The minimum absolute atomic E-state index is 0.629. The molecule has 5 heteroatoms. The monoisotopic (exact) mass is 362 g/mol. The van der Waals surface area contributed by atoms with Crippen molar-refractivity contribution in [1.29, 1.82) is 0 Å². The van der Waals surface area contributed by atoms with Gasteiger partial charge >= 0.3 is 0 Å². The molecule has 0 fully saturated rings. The van der Waals surface area contributed by atoms with Gasteiger partial charge in [0.2, 0.25) is 0 Å². The summed E-state index contributed by atoms with van der Waals surface area (Å²) >= 11 is 1.62. The molecule has 0 aliphatic heterocycles. The third-order valence-electron chi connectivity index (χ3n) is 4.06. The third-order valence-corrected chi connectivity index (χ3v) is 4.92. The predicted molar refractivity (Wildman–Crippen MR) is 104 cm³/mol. The second-order valence-electron chi connectivity index (χ2n) is 5.74. The van der Waals surface area contributed by atoms with Gasteiger partial charge in [0.1, 0.15) is 11.5 Å². The first-order valence-corrected chi connectivity index (χ1v) is 9.16. The number of aromatic nitrogens is 1. The van der Waals surface area contributed by atoms with Crippen LogP contribution in [0.1, 0.15) is 5.76 Å². The number of nitrogens with zero attached hydrogens (tertiary/aromatic N) is 2. The first-order valence-electron chi connectivity index (χ1n) is 8.28. The van der Waals surface area contributed by atoms with Crippen molar-refractivity contribution in [2.75, 3.05) is 7.11 Å². The standard InChI is InChI=1S/C21H18N2O2S/c1-24-18-11-9-16(10-12-18)20-15-26-21(22-17-6-3-2-4-7-17)23(20)14-19-8-5-13-25-19/h2-13,15H,14H2,1H3. The molecule has 0 spiro atoms. The Labute approximate surface area is 155 Å². The van der Waals surface area contributed by atoms with Crippen LogP contribution in [0.25, 0.3) is 11.3 Å². The molecule has 4 aromatic rings. The molecule has 26 heavy (non-hydrogen) atoms. The molecule has 2 aromatic carbocycles. The van der Waals surface area contributed by atoms with Crippen molar-refractivity contribution in [3.63, 3.8) is 0 Å². The zero-order chi connectivity index (χ0) is 17.8. The van der Waals surface area contributed by atoms with Gasteiger partial charge in [0.05, 0.1) is 31.3 Å². The van der Waals surface area contributed by atoms with Crippen LogP contribution in [0.3, 0.4) is 0 Å². The van der Waals surface area contributed by atoms with E-state index in [0.717, 1.165) is 33.3 Å². The highest BCUT2D eigenvalue weighted by atomic mass is 32.1. The van der Waals surface area contributed by atoms with Crippen LogP contribution < -0.4 is 9.54 Å². The summed E-state index contributed by atoms with van der Waals surface area (Å²) in [5, 5.41) is 2.13. The average molecular weight is 362 g/mol. The Kier molecular flexibility index (Phi) is 4.71. The normalized spacial score (nSPS) is 11.7. The molecule has 2 aromatic heterocycles. The van der Waals surface area contributed by atoms with E-state index in [0.29, 0.717) is 6.54 Å². The summed E-state index contributed by atoms with van der Waals surface area (Å²) in [6.07, 6.45) is 1.70. The Bertz CT molecular complexity index is 1030. The van der Waals surface area contributed by atoms with Crippen LogP contribution in [-0.2, 0) is 6.54 Å². The molecule has 0 N–H and O–H groups in total. The van der Waals surface area contributed by atoms with Gasteiger partial charge in [0.15, 0.2) is 4.80 Å². The fourth-order valence-corrected chi connectivity index (χ4v) is 3.66. The average Bonchev–Trinajstić information content (AvgIpc) is 3.34. The molecule has 0 unspecified atom stereocenters. The van der Waals surface area contributed by atoms with Gasteiger partial charge in [-0.2, -0.15) is 0 Å². The van der Waals surface area contributed by atoms with E-state index >= 15 is 0 Å². The van der Waals surface area contributed by atoms with E-state index in [-0.39, 0.29) is 0 Å². The number of thiazole rings is 1. The maximum atomic E-state index is 5.56. The van der Waals surface area contributed by atoms with Crippen LogP contribution in [0.2, 0.25) is 0 Å². The number of furan rings is 1. The quantitative estimate of drug-likeness (QED) is 0.495. The molecule has 0 saturated heterocycles. The Morgan fingerprint density at radius 3 is 2.50 bits per heavy atom. The molecule has 2 heterocycles. The highest BCUT2D eigenvalue weighted by Crippen LogP contribution is 2.24. The summed E-state index contributed by atoms with van der Waals surface area (Å²) < 4.78 is 13.0. The van der Waals surface area contributed by atoms with E-state index in [1.165, 1.54) is 0 Å². The number of ether oxygens (including phenoxy) is 1. The number of hydrogen-bond donors (Lipinski definition) is 0. The van der Waals surface area contributed by atoms with E-state index in [1.807, 2.05) is 54.6 Å². The van der Waals surface area contributed by atoms with Crippen LogP contribution >= 0.6 is 11.3 Å². The Morgan fingerprint density at radius 1 is 1.00 bits per heavy atom. The molecule has 0 atom stereocenters. The lowest BCUT2D eigenvalue weighted by Gasteiger charge is -2.08. The molecule has 4 rings (SSSR count). The smallest absolute Gasteiger partial charge is 0.190 e. The van der Waals surface area contributed by atoms with E-state index < -0.39 is 0 Å². The van der Waals surface area contributed by atoms with Crippen molar-refractivity contribution >= 4 is 17.0 Å². The molecule has 0 amide bonds. The first-order chi connectivity index (χ1) is 12.8. The lowest BCUT2D eigenvalue weighted by Crippen LogP contribution is -2.16. The van der Waals surface area contributed by atoms with Crippen molar-refractivity contribution in [2.24, 2.45) is 4.99 Å². The molecule has 4 nitrogen and oxygen atoms in total. The molecule has 0 aliphatic rings. The fraction of sp³-hybridized carbons (Fsp3) is 0.0952. The molecule has 0 bridgehead atoms. The molecular weight excluding hydrogens is 344 g/mol. The molecule has 130 valence electrons. The third kappa shape index (κ3) is 3.48. The van der Waals surface area contributed by atoms with Gasteiger partial charge in [-0.25, -0.2) is 4.99 Å². The van der Waals surface area contributed by atoms with E-state index in [9.17, 15) is 0 Å². The van der Waals surface area contributed by atoms with Gasteiger partial charge in [-0.15, -0.1) is 11.3 Å². The summed E-state index contributed by atoms with van der Waals surface area (Å²) in [7, 11) is 1.67. The summed E-state index contributed by atoms with van der Waals surface area (Å²) in [4.78, 5) is 5.75. The number of para-hydroxylation sites is 1. The second kappa shape index (κ2) is 7.45. The lowest BCUT2D eigenvalue weighted by molar-refractivity contribution is 0.415. The van der Waals surface area contributed by atoms with Gasteiger partial charge < -0.3 is 13.7 Å². The highest BCUT2D eigenvalue weighted by Gasteiger charge is 2.10. The van der Waals surface area contributed by atoms with Gasteiger partial charge in [-0.3, -0.25) is 0 Å². The van der Waals surface area contributed by atoms with Crippen molar-refractivity contribution < 1.29 is 9.15 Å². The van der Waals surface area contributed by atoms with Gasteiger partial charge in [-0.05, 0) is 54.1 Å². The highest BCUT2D eigenvalue weighted by molar-refractivity contribution is 7.07. The van der Waals surface area contributed by atoms with E-state index in [4.69, 9.17) is 14.1 Å². The van der Waals surface area contributed by atoms with Crippen molar-refractivity contribution in [2.45, 2.75) is 6.54 Å². The van der Waals surface area contributed by atoms with Crippen molar-refractivity contribution in [1.82, 2.24) is 4.57 Å². The largest absolute Gasteiger partial charge is 0.497 e. The van der Waals surface area contributed by atoms with Gasteiger partial charge in [0, 0.05) is 5.38 Å². The summed E-state index contributed by atoms with van der Waals surface area (Å²) in [6.45, 7) is 0.629. The summed E-state index contributed by atoms with van der Waals surface area (Å²) in [5.74, 6) is 1.74. The van der Waals surface area contributed by atoms with Crippen LogP contribution in [0.5, 0.6) is 5.75 Å². The Morgan fingerprint density at radius 2 is 1.81 bits per heavy atom. The van der Waals surface area contributed by atoms with E-state index in [2.05, 4.69) is 22.1 Å². The SMILES string of the molecule is COc1ccc(-c2csc(=Nc3ccccc3)n2Cc2ccco2)cc1. The molecule has 0 radical (unpaired) electrons. The molecule has 0 saturated carbocycles. The predicted octanol–water partition coefficient (Wildman–Crippen LogP) is 5.10. The first kappa shape index (κ1) is 16.4. The fourth-order valence-electron chi connectivity index (χ4n) is 2.74. The van der Waals surface area contributed by atoms with Crippen molar-refractivity contribution in [3.8, 4) is 17.0 Å². The van der Waals surface area contributed by atoms with Crippen LogP contribution in [0, 0.1) is 0 Å². The van der Waals surface area contributed by atoms with Crippen LogP contribution in [0.15, 0.2) is 87.8 Å². The van der Waals surface area contributed by atoms with Crippen molar-refractivity contribution in [3.05, 3.63) is 88.9 Å². The zero-order valence-corrected chi connectivity index (χ0v) is 15.1. The summed E-state index contributed by atoms with van der Waals surface area (Å²) in [6, 6.07) is 21.9. The van der Waals surface area contributed by atoms with Gasteiger partial charge in [-0.1, -0.05) is 18.2 Å². The van der Waals surface area contributed by atoms with Crippen LogP contribution in [0.4, 0.5) is 5.69 Å². The topological polar surface area (TPSA) is 39.7 Å². The summed E-state index contributed by atoms with van der Waals surface area (Å²) in [5.41, 5.74) is 3.15. The Hall–Kier alpha value is -3.05. The van der Waals surface area contributed by atoms with Crippen LogP contribution in [-0.4, -0.2) is 11.7 Å². The minimum atomic E-state index is 0.629. The Balaban J connectivity index is 1.82. The number of benzene rings is 2. The molecule has 0 aliphatic carbocycles. The minimum Gasteiger partial charge on any atom is -0.497 e. The number of rotatable bonds is 5. The lowest BCUT2D eigenvalue weighted by atomic mass is 10.1.